The summed E-state index contributed by atoms with van der Waals surface area (Å²) in [6.45, 7) is 1.75. The minimum Gasteiger partial charge on any atom is -0.467 e. The summed E-state index contributed by atoms with van der Waals surface area (Å²) in [6.07, 6.45) is 1.10. The maximum atomic E-state index is 12.2. The summed E-state index contributed by atoms with van der Waals surface area (Å²) in [5.41, 5.74) is 0.516. The number of benzene rings is 1. The second-order valence-electron chi connectivity index (χ2n) is 4.66. The van der Waals surface area contributed by atoms with E-state index in [1.54, 1.807) is 25.1 Å². The lowest BCUT2D eigenvalue weighted by molar-refractivity contribution is -0.385. The van der Waals surface area contributed by atoms with Gasteiger partial charge >= 0.3 is 0 Å². The summed E-state index contributed by atoms with van der Waals surface area (Å²) < 4.78 is 10.5. The van der Waals surface area contributed by atoms with Crippen LogP contribution in [0.15, 0.2) is 41.0 Å². The number of nitro groups is 1. The van der Waals surface area contributed by atoms with Gasteiger partial charge in [0.1, 0.15) is 11.9 Å². The molecule has 1 atom stereocenters. The highest BCUT2D eigenvalue weighted by atomic mass is 16.6. The van der Waals surface area contributed by atoms with Gasteiger partial charge in [-0.1, -0.05) is 6.07 Å². The molecule has 0 bridgehead atoms. The Morgan fingerprint density at radius 3 is 2.77 bits per heavy atom. The zero-order chi connectivity index (χ0) is 16.1. The highest BCUT2D eigenvalue weighted by Gasteiger charge is 2.20. The van der Waals surface area contributed by atoms with Gasteiger partial charge in [0.25, 0.3) is 11.6 Å². The van der Waals surface area contributed by atoms with Crippen molar-refractivity contribution < 1.29 is 18.9 Å². The molecule has 1 aromatic carbocycles. The molecule has 2 aromatic rings. The third-order valence-corrected chi connectivity index (χ3v) is 3.34. The van der Waals surface area contributed by atoms with Gasteiger partial charge in [0.05, 0.1) is 17.7 Å². The van der Waals surface area contributed by atoms with E-state index in [0.717, 1.165) is 0 Å². The number of hydrogen-bond donors (Lipinski definition) is 1. The number of methoxy groups -OCH3 is 1. The van der Waals surface area contributed by atoms with E-state index in [0.29, 0.717) is 11.3 Å². The minimum atomic E-state index is -0.507. The number of hydrogen-bond acceptors (Lipinski definition) is 5. The van der Waals surface area contributed by atoms with Gasteiger partial charge in [-0.3, -0.25) is 14.9 Å². The van der Waals surface area contributed by atoms with Crippen LogP contribution in [0.4, 0.5) is 5.69 Å². The summed E-state index contributed by atoms with van der Waals surface area (Å²) in [7, 11) is 1.51. The van der Waals surface area contributed by atoms with Gasteiger partial charge in [0.2, 0.25) is 0 Å². The van der Waals surface area contributed by atoms with Gasteiger partial charge in [-0.2, -0.15) is 0 Å². The van der Waals surface area contributed by atoms with Gasteiger partial charge in [-0.05, 0) is 25.1 Å². The largest absolute Gasteiger partial charge is 0.467 e. The molecule has 7 nitrogen and oxygen atoms in total. The van der Waals surface area contributed by atoms with Crippen molar-refractivity contribution in [2.75, 3.05) is 13.7 Å². The third kappa shape index (κ3) is 3.32. The number of carbonyl (C=O) groups excluding carboxylic acids is 1. The Morgan fingerprint density at radius 2 is 2.18 bits per heavy atom. The van der Waals surface area contributed by atoms with Crippen LogP contribution in [0.2, 0.25) is 0 Å². The Bertz CT molecular complexity index is 667. The first-order valence-corrected chi connectivity index (χ1v) is 6.63. The van der Waals surface area contributed by atoms with Crippen LogP contribution in [0, 0.1) is 17.0 Å². The molecular weight excluding hydrogens is 288 g/mol. The second kappa shape index (κ2) is 6.86. The number of nitro benzene ring substituents is 1. The maximum Gasteiger partial charge on any atom is 0.273 e. The van der Waals surface area contributed by atoms with Crippen LogP contribution in [-0.2, 0) is 4.74 Å². The molecule has 0 aliphatic rings. The molecule has 116 valence electrons. The van der Waals surface area contributed by atoms with Crippen molar-refractivity contribution in [3.05, 3.63) is 63.6 Å². The van der Waals surface area contributed by atoms with Gasteiger partial charge in [0, 0.05) is 24.3 Å². The van der Waals surface area contributed by atoms with Crippen LogP contribution in [0.3, 0.4) is 0 Å². The van der Waals surface area contributed by atoms with E-state index in [2.05, 4.69) is 5.32 Å². The SMILES string of the molecule is COC(CNC(=O)c1cccc([N+](=O)[O-])c1C)c1ccco1. The summed E-state index contributed by atoms with van der Waals surface area (Å²) >= 11 is 0. The Labute approximate surface area is 127 Å². The molecule has 1 heterocycles. The fraction of sp³-hybridized carbons (Fsp3) is 0.267. The molecule has 0 aliphatic carbocycles. The molecule has 0 saturated heterocycles. The van der Waals surface area contributed by atoms with Crippen LogP contribution in [-0.4, -0.2) is 24.5 Å². The number of ether oxygens (including phenoxy) is 1. The molecule has 2 rings (SSSR count). The molecule has 1 unspecified atom stereocenters. The van der Waals surface area contributed by atoms with Crippen LogP contribution in [0.5, 0.6) is 0 Å². The molecule has 7 heteroatoms. The number of amides is 1. The highest BCUT2D eigenvalue weighted by Crippen LogP contribution is 2.21. The van der Waals surface area contributed by atoms with Crippen molar-refractivity contribution in [1.82, 2.24) is 5.32 Å². The first-order chi connectivity index (χ1) is 10.5. The first-order valence-electron chi connectivity index (χ1n) is 6.63. The third-order valence-electron chi connectivity index (χ3n) is 3.34. The van der Waals surface area contributed by atoms with Crippen LogP contribution >= 0.6 is 0 Å². The highest BCUT2D eigenvalue weighted by molar-refractivity contribution is 5.96. The van der Waals surface area contributed by atoms with Crippen LogP contribution < -0.4 is 5.32 Å². The number of carbonyl (C=O) groups is 1. The Balaban J connectivity index is 2.10. The predicted octanol–water partition coefficient (Wildman–Crippen LogP) is 2.61. The summed E-state index contributed by atoms with van der Waals surface area (Å²) in [5.74, 6) is 0.202. The smallest absolute Gasteiger partial charge is 0.273 e. The lowest BCUT2D eigenvalue weighted by Crippen LogP contribution is -2.29. The molecule has 1 aromatic heterocycles. The molecule has 0 fully saturated rings. The molecule has 0 aliphatic heterocycles. The van der Waals surface area contributed by atoms with Crippen molar-refractivity contribution in [1.29, 1.82) is 0 Å². The lowest BCUT2D eigenvalue weighted by Gasteiger charge is -2.14. The van der Waals surface area contributed by atoms with Crippen molar-refractivity contribution in [3.8, 4) is 0 Å². The summed E-state index contributed by atoms with van der Waals surface area (Å²) in [4.78, 5) is 22.6. The molecule has 0 radical (unpaired) electrons. The van der Waals surface area contributed by atoms with Crippen molar-refractivity contribution in [2.24, 2.45) is 0 Å². The molecule has 0 spiro atoms. The Morgan fingerprint density at radius 1 is 1.41 bits per heavy atom. The average molecular weight is 304 g/mol. The monoisotopic (exact) mass is 304 g/mol. The quantitative estimate of drug-likeness (QED) is 0.654. The number of rotatable bonds is 6. The fourth-order valence-corrected chi connectivity index (χ4v) is 2.12. The Kier molecular flexibility index (Phi) is 4.90. The predicted molar refractivity (Wildman–Crippen MR) is 78.6 cm³/mol. The van der Waals surface area contributed by atoms with E-state index in [-0.39, 0.29) is 17.8 Å². The normalized spacial score (nSPS) is 11.9. The zero-order valence-electron chi connectivity index (χ0n) is 12.2. The van der Waals surface area contributed by atoms with Gasteiger partial charge in [-0.15, -0.1) is 0 Å². The summed E-state index contributed by atoms with van der Waals surface area (Å²) in [6, 6.07) is 7.88. The minimum absolute atomic E-state index is 0.0815. The van der Waals surface area contributed by atoms with Crippen molar-refractivity contribution >= 4 is 11.6 Å². The van der Waals surface area contributed by atoms with E-state index >= 15 is 0 Å². The zero-order valence-corrected chi connectivity index (χ0v) is 12.2. The Hall–Kier alpha value is -2.67. The van der Waals surface area contributed by atoms with Crippen LogP contribution in [0.25, 0.3) is 0 Å². The standard InChI is InChI=1S/C15H16N2O5/c1-10-11(5-3-6-12(10)17(19)20)15(18)16-9-14(21-2)13-7-4-8-22-13/h3-8,14H,9H2,1-2H3,(H,16,18). The van der Waals surface area contributed by atoms with Crippen LogP contribution in [0.1, 0.15) is 27.8 Å². The van der Waals surface area contributed by atoms with Gasteiger partial charge in [-0.25, -0.2) is 0 Å². The number of nitrogens with zero attached hydrogens (tertiary/aromatic N) is 1. The molecule has 1 N–H and O–H groups in total. The molecule has 22 heavy (non-hydrogen) atoms. The maximum absolute atomic E-state index is 12.2. The second-order valence-corrected chi connectivity index (χ2v) is 4.66. The van der Waals surface area contributed by atoms with E-state index in [1.807, 2.05) is 0 Å². The van der Waals surface area contributed by atoms with E-state index in [1.165, 1.54) is 25.5 Å². The summed E-state index contributed by atoms with van der Waals surface area (Å²) in [5, 5.41) is 13.6. The molecular formula is C15H16N2O5. The van der Waals surface area contributed by atoms with E-state index in [9.17, 15) is 14.9 Å². The van der Waals surface area contributed by atoms with Crippen molar-refractivity contribution in [2.45, 2.75) is 13.0 Å². The fourth-order valence-electron chi connectivity index (χ4n) is 2.12. The van der Waals surface area contributed by atoms with Gasteiger partial charge in [0.15, 0.2) is 0 Å². The van der Waals surface area contributed by atoms with Crippen molar-refractivity contribution in [3.63, 3.8) is 0 Å². The number of nitrogens with one attached hydrogen (secondary N) is 1. The molecule has 1 amide bonds. The van der Waals surface area contributed by atoms with Gasteiger partial charge < -0.3 is 14.5 Å². The number of furan rings is 1. The topological polar surface area (TPSA) is 94.6 Å². The van der Waals surface area contributed by atoms with E-state index < -0.39 is 16.9 Å². The molecule has 0 saturated carbocycles. The first kappa shape index (κ1) is 15.7. The average Bonchev–Trinajstić information content (AvgIpc) is 3.01. The lowest BCUT2D eigenvalue weighted by atomic mass is 10.1. The van der Waals surface area contributed by atoms with E-state index in [4.69, 9.17) is 9.15 Å².